The normalized spacial score (nSPS) is 21.5. The van der Waals surface area contributed by atoms with Gasteiger partial charge in [-0.3, -0.25) is 0 Å². The van der Waals surface area contributed by atoms with Gasteiger partial charge in [0.2, 0.25) is 0 Å². The topological polar surface area (TPSA) is 93.0 Å². The van der Waals surface area contributed by atoms with Crippen LogP contribution in [0.25, 0.3) is 0 Å². The molecule has 2 atom stereocenters. The Labute approximate surface area is 93.0 Å². The van der Waals surface area contributed by atoms with E-state index >= 15 is 0 Å². The molecular formula is C11H15NO4. The van der Waals surface area contributed by atoms with Crippen molar-refractivity contribution in [3.8, 4) is 11.5 Å². The lowest BCUT2D eigenvalue weighted by molar-refractivity contribution is 0.0604. The molecule has 5 nitrogen and oxygen atoms in total. The van der Waals surface area contributed by atoms with Crippen LogP contribution in [0.2, 0.25) is 0 Å². The molecule has 0 amide bonds. The number of aliphatic hydroxyl groups is 2. The van der Waals surface area contributed by atoms with Gasteiger partial charge in [-0.25, -0.2) is 0 Å². The minimum Gasteiger partial charge on any atom is -0.504 e. The van der Waals surface area contributed by atoms with Crippen molar-refractivity contribution in [2.24, 2.45) is 0 Å². The van der Waals surface area contributed by atoms with Gasteiger partial charge in [-0.05, 0) is 36.2 Å². The summed E-state index contributed by atoms with van der Waals surface area (Å²) in [5.41, 5.74) is 1.61. The first-order chi connectivity index (χ1) is 7.63. The molecule has 0 saturated carbocycles. The highest BCUT2D eigenvalue weighted by molar-refractivity contribution is 5.48. The predicted molar refractivity (Wildman–Crippen MR) is 57.3 cm³/mol. The second kappa shape index (κ2) is 4.29. The molecular weight excluding hydrogens is 210 g/mol. The van der Waals surface area contributed by atoms with E-state index in [-0.39, 0.29) is 18.1 Å². The fourth-order valence-corrected chi connectivity index (χ4v) is 2.06. The summed E-state index contributed by atoms with van der Waals surface area (Å²) in [7, 11) is 0. The van der Waals surface area contributed by atoms with Gasteiger partial charge >= 0.3 is 0 Å². The second-order valence-corrected chi connectivity index (χ2v) is 3.97. The van der Waals surface area contributed by atoms with Gasteiger partial charge < -0.3 is 25.7 Å². The molecule has 0 bridgehead atoms. The van der Waals surface area contributed by atoms with Gasteiger partial charge in [0.05, 0.1) is 18.8 Å². The highest BCUT2D eigenvalue weighted by Gasteiger charge is 2.26. The number of hydrogen-bond donors (Lipinski definition) is 5. The first kappa shape index (κ1) is 11.2. The molecule has 1 unspecified atom stereocenters. The van der Waals surface area contributed by atoms with E-state index in [1.165, 1.54) is 12.1 Å². The third kappa shape index (κ3) is 1.84. The minimum absolute atomic E-state index is 0.155. The van der Waals surface area contributed by atoms with E-state index < -0.39 is 12.1 Å². The van der Waals surface area contributed by atoms with Crippen molar-refractivity contribution in [1.29, 1.82) is 0 Å². The Hall–Kier alpha value is -1.30. The first-order valence-electron chi connectivity index (χ1n) is 5.20. The number of hydrogen-bond acceptors (Lipinski definition) is 5. The molecule has 0 aliphatic carbocycles. The van der Waals surface area contributed by atoms with Crippen LogP contribution in [0, 0.1) is 0 Å². The Morgan fingerprint density at radius 2 is 2.00 bits per heavy atom. The summed E-state index contributed by atoms with van der Waals surface area (Å²) in [4.78, 5) is 0. The number of phenols is 2. The summed E-state index contributed by atoms with van der Waals surface area (Å²) in [6.45, 7) is 0.317. The van der Waals surface area contributed by atoms with Crippen molar-refractivity contribution < 1.29 is 20.4 Å². The molecule has 0 saturated heterocycles. The van der Waals surface area contributed by atoms with E-state index in [1.54, 1.807) is 0 Å². The molecule has 1 aromatic carbocycles. The molecule has 5 heteroatoms. The average Bonchev–Trinajstić information content (AvgIpc) is 2.29. The molecule has 0 fully saturated rings. The van der Waals surface area contributed by atoms with Crippen LogP contribution < -0.4 is 5.32 Å². The van der Waals surface area contributed by atoms with Gasteiger partial charge in [-0.1, -0.05) is 0 Å². The SMILES string of the molecule is OCC(O)[C@@H]1NCCc2cc(O)c(O)cc21. The zero-order chi connectivity index (χ0) is 11.7. The molecule has 5 N–H and O–H groups in total. The number of phenolic OH excluding ortho intramolecular Hbond substituents is 2. The maximum Gasteiger partial charge on any atom is 0.157 e. The van der Waals surface area contributed by atoms with Crippen molar-refractivity contribution in [1.82, 2.24) is 5.32 Å². The van der Waals surface area contributed by atoms with E-state index in [0.29, 0.717) is 6.54 Å². The van der Waals surface area contributed by atoms with Crippen molar-refractivity contribution in [3.63, 3.8) is 0 Å². The summed E-state index contributed by atoms with van der Waals surface area (Å²) >= 11 is 0. The number of nitrogens with one attached hydrogen (secondary N) is 1. The maximum atomic E-state index is 9.63. The number of aliphatic hydroxyl groups excluding tert-OH is 2. The van der Waals surface area contributed by atoms with Crippen LogP contribution in [0.3, 0.4) is 0 Å². The molecule has 1 heterocycles. The van der Waals surface area contributed by atoms with Crippen LogP contribution in [0.5, 0.6) is 11.5 Å². The minimum atomic E-state index is -0.914. The van der Waals surface area contributed by atoms with Crippen molar-refractivity contribution in [2.45, 2.75) is 18.6 Å². The standard InChI is InChI=1S/C11H15NO4/c13-5-10(16)11-7-4-9(15)8(14)3-6(7)1-2-12-11/h3-4,10-16H,1-2,5H2/t10?,11-/m1/s1. The number of fused-ring (bicyclic) bond motifs is 1. The van der Waals surface area contributed by atoms with E-state index in [9.17, 15) is 15.3 Å². The monoisotopic (exact) mass is 225 g/mol. The van der Waals surface area contributed by atoms with Gasteiger partial charge in [0, 0.05) is 0 Å². The van der Waals surface area contributed by atoms with Crippen molar-refractivity contribution >= 4 is 0 Å². The Balaban J connectivity index is 2.41. The van der Waals surface area contributed by atoms with Crippen LogP contribution in [0.15, 0.2) is 12.1 Å². The van der Waals surface area contributed by atoms with E-state index in [0.717, 1.165) is 17.5 Å². The molecule has 1 aromatic rings. The van der Waals surface area contributed by atoms with E-state index in [2.05, 4.69) is 5.32 Å². The van der Waals surface area contributed by atoms with Crippen LogP contribution in [0.1, 0.15) is 17.2 Å². The zero-order valence-electron chi connectivity index (χ0n) is 8.72. The molecule has 0 radical (unpaired) electrons. The highest BCUT2D eigenvalue weighted by Crippen LogP contribution is 2.34. The van der Waals surface area contributed by atoms with Crippen LogP contribution in [-0.2, 0) is 6.42 Å². The van der Waals surface area contributed by atoms with Crippen molar-refractivity contribution in [3.05, 3.63) is 23.3 Å². The number of rotatable bonds is 2. The number of aromatic hydroxyl groups is 2. The van der Waals surface area contributed by atoms with Gasteiger partial charge in [-0.2, -0.15) is 0 Å². The molecule has 1 aliphatic rings. The first-order valence-corrected chi connectivity index (χ1v) is 5.20. The van der Waals surface area contributed by atoms with Crippen LogP contribution in [-0.4, -0.2) is 39.7 Å². The molecule has 0 aromatic heterocycles. The summed E-state index contributed by atoms with van der Waals surface area (Å²) < 4.78 is 0. The summed E-state index contributed by atoms with van der Waals surface area (Å²) in [6, 6.07) is 2.53. The van der Waals surface area contributed by atoms with E-state index in [1.807, 2.05) is 0 Å². The maximum absolute atomic E-state index is 9.63. The van der Waals surface area contributed by atoms with Gasteiger partial charge in [0.15, 0.2) is 11.5 Å². The molecule has 1 aliphatic heterocycles. The van der Waals surface area contributed by atoms with Crippen LogP contribution in [0.4, 0.5) is 0 Å². The summed E-state index contributed by atoms with van der Waals surface area (Å²) in [5.74, 6) is -0.365. The molecule has 2 rings (SSSR count). The largest absolute Gasteiger partial charge is 0.504 e. The quantitative estimate of drug-likeness (QED) is 0.443. The summed E-state index contributed by atoms with van der Waals surface area (Å²) in [6.07, 6.45) is -0.194. The fourth-order valence-electron chi connectivity index (χ4n) is 2.06. The summed E-state index contributed by atoms with van der Waals surface area (Å²) in [5, 5.41) is 40.4. The van der Waals surface area contributed by atoms with Crippen molar-refractivity contribution in [2.75, 3.05) is 13.2 Å². The second-order valence-electron chi connectivity index (χ2n) is 3.97. The Bertz CT molecular complexity index is 394. The van der Waals surface area contributed by atoms with Gasteiger partial charge in [0.25, 0.3) is 0 Å². The predicted octanol–water partition coefficient (Wildman–Crippen LogP) is -0.362. The number of benzene rings is 1. The lowest BCUT2D eigenvalue weighted by Crippen LogP contribution is -2.39. The fraction of sp³-hybridized carbons (Fsp3) is 0.455. The lowest BCUT2D eigenvalue weighted by Gasteiger charge is -2.30. The van der Waals surface area contributed by atoms with E-state index in [4.69, 9.17) is 5.11 Å². The lowest BCUT2D eigenvalue weighted by atomic mass is 9.91. The Morgan fingerprint density at radius 3 is 2.69 bits per heavy atom. The van der Waals surface area contributed by atoms with Gasteiger partial charge in [-0.15, -0.1) is 0 Å². The molecule has 16 heavy (non-hydrogen) atoms. The third-order valence-corrected chi connectivity index (χ3v) is 2.90. The highest BCUT2D eigenvalue weighted by atomic mass is 16.3. The third-order valence-electron chi connectivity index (χ3n) is 2.90. The van der Waals surface area contributed by atoms with Crippen LogP contribution >= 0.6 is 0 Å². The zero-order valence-corrected chi connectivity index (χ0v) is 8.72. The average molecular weight is 225 g/mol. The smallest absolute Gasteiger partial charge is 0.157 e. The van der Waals surface area contributed by atoms with Gasteiger partial charge in [0.1, 0.15) is 0 Å². The Morgan fingerprint density at radius 1 is 1.31 bits per heavy atom. The molecule has 0 spiro atoms. The molecule has 88 valence electrons. The Kier molecular flexibility index (Phi) is 3.00.